The van der Waals surface area contributed by atoms with Crippen LogP contribution in [-0.4, -0.2) is 21.4 Å². The molecule has 0 saturated carbocycles. The van der Waals surface area contributed by atoms with Crippen LogP contribution in [0.4, 0.5) is 0 Å². The van der Waals surface area contributed by atoms with E-state index in [0.29, 0.717) is 0 Å². The number of aldehydes is 1. The van der Waals surface area contributed by atoms with E-state index in [4.69, 9.17) is 4.43 Å². The molecule has 72 valence electrons. The molecule has 1 atom stereocenters. The molecule has 0 aliphatic heterocycles. The predicted molar refractivity (Wildman–Crippen MR) is 54.0 cm³/mol. The van der Waals surface area contributed by atoms with Crippen LogP contribution in [0.2, 0.25) is 13.1 Å². The zero-order chi connectivity index (χ0) is 9.40. The van der Waals surface area contributed by atoms with Crippen LogP contribution in [0.5, 0.6) is 0 Å². The Balaban J connectivity index is 3.46. The Labute approximate surface area is 77.0 Å². The standard InChI is InChI=1S/C9H20O2Si/c1-4-5-6-7-9(8-10)11-12(2)3/h8-9,12H,4-7H2,1-3H3/t9-/m1/s1. The highest BCUT2D eigenvalue weighted by molar-refractivity contribution is 6.48. The normalized spacial score (nSPS) is 13.3. The summed E-state index contributed by atoms with van der Waals surface area (Å²) in [5.41, 5.74) is 0. The minimum absolute atomic E-state index is 0.122. The molecule has 0 bridgehead atoms. The second-order valence-corrected chi connectivity index (χ2v) is 5.72. The Morgan fingerprint density at radius 2 is 2.08 bits per heavy atom. The number of carbonyl (C=O) groups excluding carboxylic acids is 1. The Hall–Kier alpha value is -0.153. The van der Waals surface area contributed by atoms with Crippen molar-refractivity contribution >= 4 is 15.3 Å². The summed E-state index contributed by atoms with van der Waals surface area (Å²) in [5.74, 6) is 0. The molecule has 0 aromatic heterocycles. The van der Waals surface area contributed by atoms with Gasteiger partial charge < -0.3 is 9.22 Å². The Kier molecular flexibility index (Phi) is 7.40. The molecule has 12 heavy (non-hydrogen) atoms. The molecule has 0 rings (SSSR count). The second kappa shape index (κ2) is 7.49. The molecule has 0 unspecified atom stereocenters. The predicted octanol–water partition coefficient (Wildman–Crippen LogP) is 2.13. The minimum Gasteiger partial charge on any atom is -0.411 e. The van der Waals surface area contributed by atoms with Crippen molar-refractivity contribution in [3.8, 4) is 0 Å². The fourth-order valence-corrected chi connectivity index (χ4v) is 2.01. The van der Waals surface area contributed by atoms with Crippen molar-refractivity contribution in [3.63, 3.8) is 0 Å². The maximum Gasteiger partial charge on any atom is 0.171 e. The van der Waals surface area contributed by atoms with Crippen LogP contribution in [-0.2, 0) is 9.22 Å². The molecular formula is C9H20O2Si. The average Bonchev–Trinajstić information content (AvgIpc) is 2.02. The Morgan fingerprint density at radius 3 is 2.50 bits per heavy atom. The molecule has 0 heterocycles. The van der Waals surface area contributed by atoms with E-state index in [1.54, 1.807) is 0 Å². The molecule has 0 aromatic rings. The van der Waals surface area contributed by atoms with E-state index in [1.165, 1.54) is 12.8 Å². The fourth-order valence-electron chi connectivity index (χ4n) is 1.11. The molecule has 0 aliphatic carbocycles. The largest absolute Gasteiger partial charge is 0.411 e. The fraction of sp³-hybridized carbons (Fsp3) is 0.889. The summed E-state index contributed by atoms with van der Waals surface area (Å²) in [5, 5.41) is 0. The van der Waals surface area contributed by atoms with Gasteiger partial charge in [0.2, 0.25) is 0 Å². The van der Waals surface area contributed by atoms with E-state index >= 15 is 0 Å². The lowest BCUT2D eigenvalue weighted by atomic mass is 10.1. The minimum atomic E-state index is -1.03. The highest BCUT2D eigenvalue weighted by atomic mass is 28.3. The molecule has 0 radical (unpaired) electrons. The quantitative estimate of drug-likeness (QED) is 0.347. The van der Waals surface area contributed by atoms with E-state index < -0.39 is 9.04 Å². The van der Waals surface area contributed by atoms with Gasteiger partial charge in [-0.1, -0.05) is 26.2 Å². The van der Waals surface area contributed by atoms with Crippen molar-refractivity contribution in [2.75, 3.05) is 0 Å². The highest BCUT2D eigenvalue weighted by Gasteiger charge is 2.08. The van der Waals surface area contributed by atoms with Crippen molar-refractivity contribution in [1.82, 2.24) is 0 Å². The van der Waals surface area contributed by atoms with Crippen LogP contribution in [0.3, 0.4) is 0 Å². The first-order valence-electron chi connectivity index (χ1n) is 4.81. The van der Waals surface area contributed by atoms with Crippen molar-refractivity contribution in [2.24, 2.45) is 0 Å². The molecule has 0 amide bonds. The summed E-state index contributed by atoms with van der Waals surface area (Å²) in [4.78, 5) is 10.5. The smallest absolute Gasteiger partial charge is 0.171 e. The van der Waals surface area contributed by atoms with Crippen molar-refractivity contribution in [3.05, 3.63) is 0 Å². The van der Waals surface area contributed by atoms with Crippen molar-refractivity contribution in [1.29, 1.82) is 0 Å². The van der Waals surface area contributed by atoms with Crippen LogP contribution in [0.25, 0.3) is 0 Å². The summed E-state index contributed by atoms with van der Waals surface area (Å²) in [6.07, 6.45) is 5.24. The van der Waals surface area contributed by atoms with E-state index in [-0.39, 0.29) is 6.10 Å². The number of unbranched alkanes of at least 4 members (excludes halogenated alkanes) is 2. The zero-order valence-corrected chi connectivity index (χ0v) is 9.53. The molecule has 0 saturated heterocycles. The number of rotatable bonds is 7. The third-order valence-corrected chi connectivity index (χ3v) is 2.58. The van der Waals surface area contributed by atoms with Gasteiger partial charge in [-0.05, 0) is 19.5 Å². The van der Waals surface area contributed by atoms with Gasteiger partial charge >= 0.3 is 0 Å². The number of hydrogen-bond acceptors (Lipinski definition) is 2. The summed E-state index contributed by atoms with van der Waals surface area (Å²) in [6.45, 7) is 6.35. The molecule has 3 heteroatoms. The van der Waals surface area contributed by atoms with Gasteiger partial charge in [-0.3, -0.25) is 0 Å². The maximum atomic E-state index is 10.5. The molecule has 0 aromatic carbocycles. The average molecular weight is 188 g/mol. The van der Waals surface area contributed by atoms with Gasteiger partial charge in [0.25, 0.3) is 0 Å². The number of hydrogen-bond donors (Lipinski definition) is 0. The van der Waals surface area contributed by atoms with E-state index in [0.717, 1.165) is 19.1 Å². The first kappa shape index (κ1) is 11.8. The van der Waals surface area contributed by atoms with Crippen LogP contribution >= 0.6 is 0 Å². The number of carbonyl (C=O) groups is 1. The van der Waals surface area contributed by atoms with Crippen molar-refractivity contribution in [2.45, 2.75) is 51.8 Å². The molecule has 0 N–H and O–H groups in total. The zero-order valence-electron chi connectivity index (χ0n) is 8.38. The van der Waals surface area contributed by atoms with Crippen LogP contribution < -0.4 is 0 Å². The van der Waals surface area contributed by atoms with Gasteiger partial charge in [-0.25, -0.2) is 0 Å². The van der Waals surface area contributed by atoms with Gasteiger partial charge in [0.15, 0.2) is 9.04 Å². The molecule has 2 nitrogen and oxygen atoms in total. The highest BCUT2D eigenvalue weighted by Crippen LogP contribution is 2.05. The first-order valence-corrected chi connectivity index (χ1v) is 7.59. The van der Waals surface area contributed by atoms with Crippen LogP contribution in [0, 0.1) is 0 Å². The molecule has 0 fully saturated rings. The summed E-state index contributed by atoms with van der Waals surface area (Å²) in [7, 11) is -1.03. The topological polar surface area (TPSA) is 26.3 Å². The van der Waals surface area contributed by atoms with Gasteiger partial charge in [0.1, 0.15) is 12.4 Å². The Bertz CT molecular complexity index is 115. The first-order chi connectivity index (χ1) is 5.70. The lowest BCUT2D eigenvalue weighted by Gasteiger charge is -2.13. The van der Waals surface area contributed by atoms with Crippen LogP contribution in [0.1, 0.15) is 32.6 Å². The summed E-state index contributed by atoms with van der Waals surface area (Å²) >= 11 is 0. The lowest BCUT2D eigenvalue weighted by molar-refractivity contribution is -0.114. The van der Waals surface area contributed by atoms with Gasteiger partial charge in [0.05, 0.1) is 0 Å². The Morgan fingerprint density at radius 1 is 1.42 bits per heavy atom. The lowest BCUT2D eigenvalue weighted by Crippen LogP contribution is -2.21. The molecule has 0 aliphatic rings. The van der Waals surface area contributed by atoms with E-state index in [9.17, 15) is 4.79 Å². The van der Waals surface area contributed by atoms with Gasteiger partial charge in [-0.15, -0.1) is 0 Å². The van der Waals surface area contributed by atoms with Crippen LogP contribution in [0.15, 0.2) is 0 Å². The molecule has 0 spiro atoms. The SMILES string of the molecule is CCCCC[C@H](C=O)O[SiH](C)C. The third-order valence-electron chi connectivity index (χ3n) is 1.69. The van der Waals surface area contributed by atoms with E-state index in [2.05, 4.69) is 20.0 Å². The molecular weight excluding hydrogens is 168 g/mol. The summed E-state index contributed by atoms with van der Waals surface area (Å²) < 4.78 is 5.52. The van der Waals surface area contributed by atoms with Crippen molar-refractivity contribution < 1.29 is 9.22 Å². The monoisotopic (exact) mass is 188 g/mol. The summed E-state index contributed by atoms with van der Waals surface area (Å²) in [6, 6.07) is 0. The van der Waals surface area contributed by atoms with Gasteiger partial charge in [-0.2, -0.15) is 0 Å². The third kappa shape index (κ3) is 6.55. The maximum absolute atomic E-state index is 10.5. The second-order valence-electron chi connectivity index (χ2n) is 3.36. The van der Waals surface area contributed by atoms with E-state index in [1.807, 2.05) is 0 Å². The van der Waals surface area contributed by atoms with Gasteiger partial charge in [0, 0.05) is 0 Å².